The lowest BCUT2D eigenvalue weighted by molar-refractivity contribution is -0.159. The minimum Gasteiger partial charge on any atom is -0.329 e. The molecular weight excluding hydrogens is 392 g/mol. The van der Waals surface area contributed by atoms with Gasteiger partial charge in [0.25, 0.3) is 0 Å². The van der Waals surface area contributed by atoms with Gasteiger partial charge < -0.3 is 4.52 Å². The Hall–Kier alpha value is -2.15. The predicted molar refractivity (Wildman–Crippen MR) is 75.8 cm³/mol. The average Bonchev–Trinajstić information content (AvgIpc) is 2.95. The van der Waals surface area contributed by atoms with Crippen molar-refractivity contribution >= 4 is 10.0 Å². The van der Waals surface area contributed by atoms with Crippen molar-refractivity contribution in [2.75, 3.05) is 5.75 Å². The first-order valence-corrected chi connectivity index (χ1v) is 8.61. The molecule has 0 bridgehead atoms. The quantitative estimate of drug-likeness (QED) is 0.591. The lowest BCUT2D eigenvalue weighted by Crippen LogP contribution is -2.40. The van der Waals surface area contributed by atoms with Crippen LogP contribution in [0.4, 0.5) is 26.3 Å². The highest BCUT2D eigenvalue weighted by Gasteiger charge is 2.40. The highest BCUT2D eigenvalue weighted by Crippen LogP contribution is 2.32. The summed E-state index contributed by atoms with van der Waals surface area (Å²) in [5, 5.41) is 3.00. The summed E-state index contributed by atoms with van der Waals surface area (Å²) >= 11 is 0. The molecule has 1 aromatic carbocycles. The third-order valence-corrected chi connectivity index (χ3v) is 4.50. The Morgan fingerprint density at radius 3 is 2.35 bits per heavy atom. The highest BCUT2D eigenvalue weighted by molar-refractivity contribution is 7.89. The van der Waals surface area contributed by atoms with Crippen molar-refractivity contribution in [2.45, 2.75) is 25.6 Å². The van der Waals surface area contributed by atoms with Crippen LogP contribution in [0.25, 0.3) is 11.4 Å². The molecule has 2 rings (SSSR count). The van der Waals surface area contributed by atoms with E-state index in [4.69, 9.17) is 0 Å². The number of hydrogen-bond donors (Lipinski definition) is 1. The molecule has 144 valence electrons. The lowest BCUT2D eigenvalue weighted by Gasteiger charge is -2.19. The molecule has 13 heteroatoms. The largest absolute Gasteiger partial charge is 0.471 e. The molecule has 0 amide bonds. The Morgan fingerprint density at radius 1 is 1.19 bits per heavy atom. The van der Waals surface area contributed by atoms with Crippen molar-refractivity contribution in [3.05, 3.63) is 35.5 Å². The third-order valence-electron chi connectivity index (χ3n) is 2.99. The first kappa shape index (κ1) is 20.2. The number of aromatic nitrogens is 2. The topological polar surface area (TPSA) is 85.1 Å². The molecule has 0 aliphatic rings. The molecule has 2 aromatic rings. The van der Waals surface area contributed by atoms with Gasteiger partial charge in [-0.1, -0.05) is 18.1 Å². The predicted octanol–water partition coefficient (Wildman–Crippen LogP) is 3.27. The lowest BCUT2D eigenvalue weighted by atomic mass is 10.1. The van der Waals surface area contributed by atoms with E-state index in [9.17, 15) is 34.8 Å². The van der Waals surface area contributed by atoms with Gasteiger partial charge in [0, 0.05) is 5.56 Å². The zero-order valence-corrected chi connectivity index (χ0v) is 13.8. The Morgan fingerprint density at radius 2 is 1.85 bits per heavy atom. The van der Waals surface area contributed by atoms with E-state index >= 15 is 0 Å². The molecule has 0 radical (unpaired) electrons. The van der Waals surface area contributed by atoms with Crippen LogP contribution in [-0.4, -0.2) is 24.3 Å². The van der Waals surface area contributed by atoms with Crippen LogP contribution in [0.15, 0.2) is 22.7 Å². The van der Waals surface area contributed by atoms with Crippen LogP contribution in [0.1, 0.15) is 24.8 Å². The molecule has 0 spiro atoms. The smallest absolute Gasteiger partial charge is 0.329 e. The zero-order valence-electron chi connectivity index (χ0n) is 12.9. The monoisotopic (exact) mass is 403 g/mol. The SMILES string of the molecule is CCCS(=O)(=O)NC(F)(F)c1ccc(-c2noc(C(F)(F)F)n2)cc1F. The van der Waals surface area contributed by atoms with Crippen molar-refractivity contribution in [2.24, 2.45) is 0 Å². The molecule has 0 atom stereocenters. The highest BCUT2D eigenvalue weighted by atomic mass is 32.2. The molecule has 26 heavy (non-hydrogen) atoms. The van der Waals surface area contributed by atoms with Crippen LogP contribution < -0.4 is 4.72 Å². The van der Waals surface area contributed by atoms with Gasteiger partial charge in [0.2, 0.25) is 15.8 Å². The first-order valence-electron chi connectivity index (χ1n) is 6.96. The standard InChI is InChI=1S/C13H11F6N3O3S/c1-2-5-26(23,24)22-13(18,19)8-4-3-7(6-9(8)14)10-20-11(25-21-10)12(15,16)17/h3-4,6,22H,2,5H2,1H3. The summed E-state index contributed by atoms with van der Waals surface area (Å²) in [7, 11) is -4.36. The Bertz CT molecular complexity index is 895. The van der Waals surface area contributed by atoms with E-state index in [1.807, 2.05) is 0 Å². The fourth-order valence-corrected chi connectivity index (χ4v) is 3.07. The summed E-state index contributed by atoms with van der Waals surface area (Å²) in [6.07, 6.45) is -4.86. The second-order valence-corrected chi connectivity index (χ2v) is 6.95. The normalized spacial score (nSPS) is 13.2. The maximum atomic E-state index is 14.0. The number of halogens is 6. The van der Waals surface area contributed by atoms with Crippen LogP contribution in [-0.2, 0) is 22.2 Å². The Balaban J connectivity index is 2.33. The minimum atomic E-state index is -4.92. The third kappa shape index (κ3) is 4.52. The maximum Gasteiger partial charge on any atom is 0.471 e. The van der Waals surface area contributed by atoms with E-state index in [-0.39, 0.29) is 12.0 Å². The van der Waals surface area contributed by atoms with E-state index in [0.29, 0.717) is 12.1 Å². The summed E-state index contributed by atoms with van der Waals surface area (Å²) in [6.45, 7) is 1.45. The van der Waals surface area contributed by atoms with Crippen LogP contribution in [0, 0.1) is 5.82 Å². The first-order chi connectivity index (χ1) is 11.9. The molecule has 1 N–H and O–H groups in total. The van der Waals surface area contributed by atoms with E-state index < -0.39 is 51.1 Å². The van der Waals surface area contributed by atoms with Crippen LogP contribution in [0.2, 0.25) is 0 Å². The second-order valence-electron chi connectivity index (χ2n) is 5.11. The number of hydrogen-bond acceptors (Lipinski definition) is 5. The van der Waals surface area contributed by atoms with E-state index in [0.717, 1.165) is 10.8 Å². The number of sulfonamides is 1. The summed E-state index contributed by atoms with van der Waals surface area (Å²) in [5.41, 5.74) is -1.67. The van der Waals surface area contributed by atoms with Crippen molar-refractivity contribution in [1.29, 1.82) is 0 Å². The van der Waals surface area contributed by atoms with Crippen LogP contribution in [0.5, 0.6) is 0 Å². The van der Waals surface area contributed by atoms with Crippen molar-refractivity contribution in [1.82, 2.24) is 14.9 Å². The molecule has 0 aliphatic heterocycles. The number of nitrogens with zero attached hydrogens (tertiary/aromatic N) is 2. The van der Waals surface area contributed by atoms with Gasteiger partial charge in [-0.3, -0.25) is 0 Å². The van der Waals surface area contributed by atoms with Gasteiger partial charge in [0.15, 0.2) is 0 Å². The minimum absolute atomic E-state index is 0.0617. The van der Waals surface area contributed by atoms with Crippen molar-refractivity contribution in [3.63, 3.8) is 0 Å². The number of alkyl halides is 5. The van der Waals surface area contributed by atoms with Crippen molar-refractivity contribution < 1.29 is 39.3 Å². The molecule has 0 aliphatic carbocycles. The number of rotatable bonds is 6. The molecular formula is C13H11F6N3O3S. The van der Waals surface area contributed by atoms with Crippen LogP contribution in [0.3, 0.4) is 0 Å². The van der Waals surface area contributed by atoms with E-state index in [1.54, 1.807) is 0 Å². The van der Waals surface area contributed by atoms with Gasteiger partial charge in [-0.25, -0.2) is 12.8 Å². The fraction of sp³-hybridized carbons (Fsp3) is 0.385. The summed E-state index contributed by atoms with van der Waals surface area (Å²) in [4.78, 5) is 3.00. The van der Waals surface area contributed by atoms with Gasteiger partial charge >= 0.3 is 18.1 Å². The van der Waals surface area contributed by atoms with Gasteiger partial charge in [-0.2, -0.15) is 26.9 Å². The van der Waals surface area contributed by atoms with Crippen molar-refractivity contribution in [3.8, 4) is 11.4 Å². The number of benzene rings is 1. The van der Waals surface area contributed by atoms with E-state index in [2.05, 4.69) is 14.7 Å². The summed E-state index contributed by atoms with van der Waals surface area (Å²) in [6, 6.07) is -2.48. The van der Waals surface area contributed by atoms with E-state index in [1.165, 1.54) is 6.92 Å². The second kappa shape index (κ2) is 6.87. The number of nitrogens with one attached hydrogen (secondary N) is 1. The van der Waals surface area contributed by atoms with Gasteiger partial charge in [-0.15, -0.1) is 4.72 Å². The molecule has 0 fully saturated rings. The molecule has 1 aromatic heterocycles. The van der Waals surface area contributed by atoms with Crippen LogP contribution >= 0.6 is 0 Å². The Kier molecular flexibility index (Phi) is 5.33. The summed E-state index contributed by atoms with van der Waals surface area (Å²) < 4.78 is 107. The molecule has 0 saturated carbocycles. The van der Waals surface area contributed by atoms with Gasteiger partial charge in [0.1, 0.15) is 5.82 Å². The molecule has 6 nitrogen and oxygen atoms in total. The molecule has 0 saturated heterocycles. The maximum absolute atomic E-state index is 14.0. The Labute approximate surface area is 143 Å². The van der Waals surface area contributed by atoms with Gasteiger partial charge in [0.05, 0.1) is 11.3 Å². The van der Waals surface area contributed by atoms with Gasteiger partial charge in [-0.05, 0) is 18.6 Å². The molecule has 0 unspecified atom stereocenters. The summed E-state index contributed by atoms with van der Waals surface area (Å²) in [5.74, 6) is -4.51. The zero-order chi connectivity index (χ0) is 19.8. The average molecular weight is 403 g/mol. The molecule has 1 heterocycles. The fourth-order valence-electron chi connectivity index (χ4n) is 1.93.